The van der Waals surface area contributed by atoms with Gasteiger partial charge in [0.15, 0.2) is 6.29 Å². The number of hydrogen-bond donors (Lipinski definition) is 0. The lowest BCUT2D eigenvalue weighted by molar-refractivity contribution is -0.183. The van der Waals surface area contributed by atoms with Gasteiger partial charge in [-0.15, -0.1) is 0 Å². The molecule has 0 heterocycles. The second-order valence-corrected chi connectivity index (χ2v) is 2.74. The second kappa shape index (κ2) is 8.01. The third-order valence-corrected chi connectivity index (χ3v) is 1.46. The molecule has 1 atom stereocenters. The summed E-state index contributed by atoms with van der Waals surface area (Å²) in [4.78, 5) is 15.5. The average molecular weight is 188 g/mol. The molecule has 0 aromatic rings. The fourth-order valence-electron chi connectivity index (χ4n) is 0.622. The van der Waals surface area contributed by atoms with Gasteiger partial charge in [-0.1, -0.05) is 25.7 Å². The predicted octanol–water partition coefficient (Wildman–Crippen LogP) is 1.62. The molecule has 0 saturated heterocycles. The van der Waals surface area contributed by atoms with Crippen LogP contribution >= 0.6 is 0 Å². The lowest BCUT2D eigenvalue weighted by atomic mass is 10.4. The predicted molar refractivity (Wildman–Crippen MR) is 48.8 cm³/mol. The number of hydrogen-bond acceptors (Lipinski definition) is 3. The molecule has 0 bridgehead atoms. The molecule has 0 spiro atoms. The molecule has 77 valence electrons. The van der Waals surface area contributed by atoms with Gasteiger partial charge in [0.05, 0.1) is 0 Å². The van der Waals surface area contributed by atoms with E-state index in [4.69, 9.17) is 9.57 Å². The van der Waals surface area contributed by atoms with Gasteiger partial charge in [-0.3, -0.25) is 4.79 Å². The number of ether oxygens (including phenoxy) is 1. The Balaban J connectivity index is 3.29. The number of carbonyl (C=O) groups is 1. The van der Waals surface area contributed by atoms with Gasteiger partial charge in [-0.05, 0) is 13.3 Å². The molecule has 4 nitrogen and oxygen atoms in total. The first-order valence-corrected chi connectivity index (χ1v) is 4.72. The highest BCUT2D eigenvalue weighted by atomic mass is 16.8. The highest BCUT2D eigenvalue weighted by Crippen LogP contribution is 1.95. The van der Waals surface area contributed by atoms with Crippen molar-refractivity contribution >= 4 is 5.91 Å². The van der Waals surface area contributed by atoms with Gasteiger partial charge in [-0.25, -0.2) is 4.84 Å². The molecule has 0 N–H and O–H groups in total. The molecule has 13 heavy (non-hydrogen) atoms. The van der Waals surface area contributed by atoms with Gasteiger partial charge >= 0.3 is 0 Å². The molecule has 0 fully saturated rings. The average Bonchev–Trinajstić information content (AvgIpc) is 2.14. The minimum atomic E-state index is -0.429. The van der Waals surface area contributed by atoms with E-state index in [1.54, 1.807) is 13.8 Å². The Morgan fingerprint density at radius 1 is 1.46 bits per heavy atom. The molecular formula is C9H18NO3. The summed E-state index contributed by atoms with van der Waals surface area (Å²) in [5, 5.41) is 0. The third kappa shape index (κ3) is 7.74. The first-order valence-electron chi connectivity index (χ1n) is 4.72. The number of amides is 1. The lowest BCUT2D eigenvalue weighted by Crippen LogP contribution is -2.23. The van der Waals surface area contributed by atoms with E-state index >= 15 is 0 Å². The Morgan fingerprint density at radius 2 is 2.15 bits per heavy atom. The number of rotatable bonds is 7. The van der Waals surface area contributed by atoms with Crippen LogP contribution in [-0.2, 0) is 14.4 Å². The number of carbonyl (C=O) groups excluding carboxylic acids is 1. The van der Waals surface area contributed by atoms with Crippen molar-refractivity contribution in [3.8, 4) is 0 Å². The van der Waals surface area contributed by atoms with Crippen LogP contribution in [0, 0.1) is 0 Å². The van der Waals surface area contributed by atoms with Gasteiger partial charge in [0.2, 0.25) is 0 Å². The minimum absolute atomic E-state index is 0.258. The third-order valence-electron chi connectivity index (χ3n) is 1.46. The second-order valence-electron chi connectivity index (χ2n) is 2.74. The molecule has 1 radical (unpaired) electrons. The smallest absolute Gasteiger partial charge is 0.269 e. The first-order chi connectivity index (χ1) is 6.20. The summed E-state index contributed by atoms with van der Waals surface area (Å²) >= 11 is 0. The molecular weight excluding hydrogens is 170 g/mol. The van der Waals surface area contributed by atoms with E-state index < -0.39 is 6.29 Å². The van der Waals surface area contributed by atoms with Crippen molar-refractivity contribution in [3.63, 3.8) is 0 Å². The summed E-state index contributed by atoms with van der Waals surface area (Å²) < 4.78 is 5.21. The Morgan fingerprint density at radius 3 is 2.69 bits per heavy atom. The fourth-order valence-corrected chi connectivity index (χ4v) is 0.622. The zero-order valence-electron chi connectivity index (χ0n) is 8.58. The maximum Gasteiger partial charge on any atom is 0.269 e. The largest absolute Gasteiger partial charge is 0.350 e. The highest BCUT2D eigenvalue weighted by Gasteiger charge is 2.05. The van der Waals surface area contributed by atoms with Crippen LogP contribution in [0.5, 0.6) is 0 Å². The zero-order valence-corrected chi connectivity index (χ0v) is 8.58. The van der Waals surface area contributed by atoms with Crippen molar-refractivity contribution in [2.75, 3.05) is 6.61 Å². The van der Waals surface area contributed by atoms with Gasteiger partial charge in [0.1, 0.15) is 0 Å². The molecule has 0 aromatic carbocycles. The van der Waals surface area contributed by atoms with Crippen LogP contribution in [0.1, 0.15) is 40.0 Å². The van der Waals surface area contributed by atoms with Gasteiger partial charge in [0.25, 0.3) is 5.91 Å². The summed E-state index contributed by atoms with van der Waals surface area (Å²) in [5.41, 5.74) is 3.36. The van der Waals surface area contributed by atoms with Crippen molar-refractivity contribution < 1.29 is 14.4 Å². The molecule has 0 aliphatic rings. The molecule has 0 aromatic heterocycles. The molecule has 0 rings (SSSR count). The van der Waals surface area contributed by atoms with Crippen molar-refractivity contribution in [2.24, 2.45) is 0 Å². The van der Waals surface area contributed by atoms with E-state index in [0.717, 1.165) is 12.8 Å². The molecule has 4 heteroatoms. The van der Waals surface area contributed by atoms with Crippen molar-refractivity contribution in [2.45, 2.75) is 46.3 Å². The Bertz CT molecular complexity index is 139. The molecule has 1 amide bonds. The first kappa shape index (κ1) is 12.4. The van der Waals surface area contributed by atoms with Crippen LogP contribution < -0.4 is 5.48 Å². The molecule has 0 saturated carbocycles. The maximum atomic E-state index is 10.7. The normalized spacial score (nSPS) is 12.5. The van der Waals surface area contributed by atoms with Gasteiger partial charge in [0, 0.05) is 13.0 Å². The van der Waals surface area contributed by atoms with E-state index in [2.05, 4.69) is 12.4 Å². The van der Waals surface area contributed by atoms with Gasteiger partial charge < -0.3 is 4.74 Å². The quantitative estimate of drug-likeness (QED) is 0.346. The van der Waals surface area contributed by atoms with Crippen molar-refractivity contribution in [3.05, 3.63) is 0 Å². The highest BCUT2D eigenvalue weighted by molar-refractivity contribution is 5.73. The molecule has 1 unspecified atom stereocenters. The van der Waals surface area contributed by atoms with Crippen LogP contribution in [0.25, 0.3) is 0 Å². The molecule has 0 aliphatic carbocycles. The topological polar surface area (TPSA) is 49.6 Å². The van der Waals surface area contributed by atoms with Crippen LogP contribution in [0.2, 0.25) is 0 Å². The van der Waals surface area contributed by atoms with Crippen molar-refractivity contribution in [1.29, 1.82) is 0 Å². The van der Waals surface area contributed by atoms with Crippen LogP contribution in [0.3, 0.4) is 0 Å². The van der Waals surface area contributed by atoms with Crippen LogP contribution in [0.4, 0.5) is 0 Å². The number of nitrogens with zero attached hydrogens (tertiary/aromatic N) is 1. The summed E-state index contributed by atoms with van der Waals surface area (Å²) in [6.45, 7) is 6.19. The SMILES string of the molecule is CCCCOC(C)O[N]C(=O)CC. The van der Waals surface area contributed by atoms with Crippen LogP contribution in [0.15, 0.2) is 0 Å². The van der Waals surface area contributed by atoms with Crippen LogP contribution in [-0.4, -0.2) is 18.8 Å². The van der Waals surface area contributed by atoms with Crippen molar-refractivity contribution in [1.82, 2.24) is 5.48 Å². The summed E-state index contributed by atoms with van der Waals surface area (Å²) in [7, 11) is 0. The monoisotopic (exact) mass is 188 g/mol. The van der Waals surface area contributed by atoms with E-state index in [1.807, 2.05) is 0 Å². The Labute approximate surface area is 79.6 Å². The molecule has 0 aliphatic heterocycles. The number of unbranched alkanes of at least 4 members (excludes halogenated alkanes) is 1. The zero-order chi connectivity index (χ0) is 10.1. The summed E-state index contributed by atoms with van der Waals surface area (Å²) in [6, 6.07) is 0. The number of hydroxylamine groups is 1. The fraction of sp³-hybridized carbons (Fsp3) is 0.889. The standard InChI is InChI=1S/C9H18NO3/c1-4-6-7-12-8(3)13-10-9(11)5-2/h8H,4-7H2,1-3H3. The van der Waals surface area contributed by atoms with E-state index in [9.17, 15) is 4.79 Å². The Kier molecular flexibility index (Phi) is 7.63. The Hall–Kier alpha value is -0.610. The summed E-state index contributed by atoms with van der Waals surface area (Å²) in [6.07, 6.45) is 2.01. The van der Waals surface area contributed by atoms with E-state index in [0.29, 0.717) is 13.0 Å². The summed E-state index contributed by atoms with van der Waals surface area (Å²) in [5.74, 6) is -0.258. The minimum Gasteiger partial charge on any atom is -0.350 e. The lowest BCUT2D eigenvalue weighted by Gasteiger charge is -2.10. The van der Waals surface area contributed by atoms with E-state index in [1.165, 1.54) is 0 Å². The van der Waals surface area contributed by atoms with E-state index in [-0.39, 0.29) is 5.91 Å². The maximum absolute atomic E-state index is 10.7. The van der Waals surface area contributed by atoms with Gasteiger partial charge in [-0.2, -0.15) is 0 Å².